The van der Waals surface area contributed by atoms with Crippen LogP contribution < -0.4 is 0 Å². The normalized spacial score (nSPS) is 20.3. The standard InChI is InChI=1S/C14H20N2O2S/c1-10(11-2-3-11)16(13-4-5-13)14(17)9-19-8-12-6-7-18-15-12/h6-7,10-11,13H,2-5,8-9H2,1H3/t10-/m1/s1. The van der Waals surface area contributed by atoms with Crippen molar-refractivity contribution in [2.24, 2.45) is 5.92 Å². The van der Waals surface area contributed by atoms with E-state index in [-0.39, 0.29) is 0 Å². The third kappa shape index (κ3) is 3.32. The molecule has 0 bridgehead atoms. The zero-order valence-corrected chi connectivity index (χ0v) is 12.1. The molecule has 0 radical (unpaired) electrons. The summed E-state index contributed by atoms with van der Waals surface area (Å²) >= 11 is 1.63. The van der Waals surface area contributed by atoms with Gasteiger partial charge in [-0.05, 0) is 38.5 Å². The van der Waals surface area contributed by atoms with Gasteiger partial charge in [0.15, 0.2) is 0 Å². The molecule has 1 heterocycles. The Morgan fingerprint density at radius 3 is 2.89 bits per heavy atom. The summed E-state index contributed by atoms with van der Waals surface area (Å²) in [7, 11) is 0. The van der Waals surface area contributed by atoms with Gasteiger partial charge in [-0.3, -0.25) is 4.79 Å². The average Bonchev–Trinajstić information content (AvgIpc) is 3.30. The van der Waals surface area contributed by atoms with Crippen molar-refractivity contribution in [3.8, 4) is 0 Å². The van der Waals surface area contributed by atoms with Gasteiger partial charge in [-0.1, -0.05) is 5.16 Å². The topological polar surface area (TPSA) is 46.3 Å². The highest BCUT2D eigenvalue weighted by molar-refractivity contribution is 7.99. The average molecular weight is 280 g/mol. The molecule has 0 aromatic carbocycles. The van der Waals surface area contributed by atoms with Crippen LogP contribution in [0.15, 0.2) is 16.9 Å². The molecule has 19 heavy (non-hydrogen) atoms. The number of aromatic nitrogens is 1. The molecule has 1 aromatic heterocycles. The van der Waals surface area contributed by atoms with Crippen LogP contribution >= 0.6 is 11.8 Å². The molecule has 3 rings (SSSR count). The molecule has 4 nitrogen and oxygen atoms in total. The molecule has 0 N–H and O–H groups in total. The molecule has 0 saturated heterocycles. The first-order chi connectivity index (χ1) is 9.25. The van der Waals surface area contributed by atoms with E-state index in [0.717, 1.165) is 17.4 Å². The molecule has 1 amide bonds. The number of hydrogen-bond acceptors (Lipinski definition) is 4. The molecule has 0 spiro atoms. The highest BCUT2D eigenvalue weighted by atomic mass is 32.2. The third-order valence-electron chi connectivity index (χ3n) is 3.94. The molecule has 5 heteroatoms. The van der Waals surface area contributed by atoms with Crippen LogP contribution in [-0.4, -0.2) is 33.8 Å². The number of hydrogen-bond donors (Lipinski definition) is 0. The van der Waals surface area contributed by atoms with E-state index >= 15 is 0 Å². The zero-order valence-electron chi connectivity index (χ0n) is 11.2. The highest BCUT2D eigenvalue weighted by Crippen LogP contribution is 2.39. The summed E-state index contributed by atoms with van der Waals surface area (Å²) in [4.78, 5) is 14.5. The van der Waals surface area contributed by atoms with Crippen LogP contribution in [-0.2, 0) is 10.5 Å². The van der Waals surface area contributed by atoms with Crippen LogP contribution in [0.2, 0.25) is 0 Å². The van der Waals surface area contributed by atoms with Gasteiger partial charge in [-0.2, -0.15) is 0 Å². The van der Waals surface area contributed by atoms with E-state index in [1.165, 1.54) is 25.7 Å². The zero-order chi connectivity index (χ0) is 13.2. The number of nitrogens with zero attached hydrogens (tertiary/aromatic N) is 2. The fourth-order valence-corrected chi connectivity index (χ4v) is 3.34. The van der Waals surface area contributed by atoms with E-state index < -0.39 is 0 Å². The molecule has 2 saturated carbocycles. The third-order valence-corrected chi connectivity index (χ3v) is 4.89. The van der Waals surface area contributed by atoms with E-state index in [4.69, 9.17) is 4.52 Å². The Labute approximate surface area is 117 Å². The van der Waals surface area contributed by atoms with Gasteiger partial charge in [-0.25, -0.2) is 0 Å². The predicted molar refractivity (Wildman–Crippen MR) is 74.7 cm³/mol. The lowest BCUT2D eigenvalue weighted by Crippen LogP contribution is -2.42. The number of rotatable bonds is 7. The second kappa shape index (κ2) is 5.57. The molecular weight excluding hydrogens is 260 g/mol. The monoisotopic (exact) mass is 280 g/mol. The van der Waals surface area contributed by atoms with Crippen molar-refractivity contribution in [3.05, 3.63) is 18.0 Å². The summed E-state index contributed by atoms with van der Waals surface area (Å²) in [5.74, 6) is 2.36. The Hall–Kier alpha value is -0.970. The Kier molecular flexibility index (Phi) is 3.82. The lowest BCUT2D eigenvalue weighted by atomic mass is 10.2. The fraction of sp³-hybridized carbons (Fsp3) is 0.714. The maximum absolute atomic E-state index is 12.4. The van der Waals surface area contributed by atoms with E-state index in [1.807, 2.05) is 6.07 Å². The fourth-order valence-electron chi connectivity index (χ4n) is 2.55. The first-order valence-corrected chi connectivity index (χ1v) is 8.19. The molecule has 0 aliphatic heterocycles. The smallest absolute Gasteiger partial charge is 0.233 e. The number of carbonyl (C=O) groups excluding carboxylic acids is 1. The van der Waals surface area contributed by atoms with Gasteiger partial charge in [0.2, 0.25) is 5.91 Å². The van der Waals surface area contributed by atoms with Crippen LogP contribution in [0.3, 0.4) is 0 Å². The number of amides is 1. The quantitative estimate of drug-likeness (QED) is 0.770. The summed E-state index contributed by atoms with van der Waals surface area (Å²) in [5, 5.41) is 3.86. The maximum atomic E-state index is 12.4. The predicted octanol–water partition coefficient (Wildman–Crippen LogP) is 2.70. The summed E-state index contributed by atoms with van der Waals surface area (Å²) in [6, 6.07) is 2.81. The van der Waals surface area contributed by atoms with Crippen LogP contribution in [0, 0.1) is 5.92 Å². The molecular formula is C14H20N2O2S. The van der Waals surface area contributed by atoms with Gasteiger partial charge in [-0.15, -0.1) is 11.8 Å². The summed E-state index contributed by atoms with van der Waals surface area (Å²) in [6.45, 7) is 2.22. The van der Waals surface area contributed by atoms with Crippen molar-refractivity contribution in [2.75, 3.05) is 5.75 Å². The maximum Gasteiger partial charge on any atom is 0.233 e. The summed E-state index contributed by atoms with van der Waals surface area (Å²) in [6.07, 6.45) is 6.55. The van der Waals surface area contributed by atoms with Crippen molar-refractivity contribution < 1.29 is 9.32 Å². The molecule has 2 fully saturated rings. The van der Waals surface area contributed by atoms with Gasteiger partial charge < -0.3 is 9.42 Å². The lowest BCUT2D eigenvalue weighted by Gasteiger charge is -2.29. The van der Waals surface area contributed by atoms with Gasteiger partial charge in [0.05, 0.1) is 11.4 Å². The summed E-state index contributed by atoms with van der Waals surface area (Å²) in [5.41, 5.74) is 0.908. The van der Waals surface area contributed by atoms with Crippen molar-refractivity contribution in [3.63, 3.8) is 0 Å². The first-order valence-electron chi connectivity index (χ1n) is 7.04. The minimum atomic E-state index is 0.301. The van der Waals surface area contributed by atoms with E-state index in [0.29, 0.717) is 23.7 Å². The van der Waals surface area contributed by atoms with Crippen molar-refractivity contribution in [2.45, 2.75) is 50.4 Å². The molecule has 2 aliphatic rings. The Balaban J connectivity index is 1.49. The molecule has 2 aliphatic carbocycles. The van der Waals surface area contributed by atoms with E-state index in [1.54, 1.807) is 18.0 Å². The second-order valence-electron chi connectivity index (χ2n) is 5.59. The Bertz CT molecular complexity index is 427. The van der Waals surface area contributed by atoms with Crippen LogP contribution in [0.4, 0.5) is 0 Å². The van der Waals surface area contributed by atoms with Gasteiger partial charge in [0, 0.05) is 23.9 Å². The molecule has 1 aromatic rings. The van der Waals surface area contributed by atoms with Crippen molar-refractivity contribution >= 4 is 17.7 Å². The van der Waals surface area contributed by atoms with E-state index in [2.05, 4.69) is 17.0 Å². The number of carbonyl (C=O) groups is 1. The first kappa shape index (κ1) is 13.0. The summed E-state index contributed by atoms with van der Waals surface area (Å²) < 4.78 is 4.79. The van der Waals surface area contributed by atoms with Crippen LogP contribution in [0.5, 0.6) is 0 Å². The van der Waals surface area contributed by atoms with Gasteiger partial charge in [0.1, 0.15) is 6.26 Å². The second-order valence-corrected chi connectivity index (χ2v) is 6.58. The van der Waals surface area contributed by atoms with Gasteiger partial charge in [0.25, 0.3) is 0 Å². The largest absolute Gasteiger partial charge is 0.364 e. The Morgan fingerprint density at radius 2 is 2.32 bits per heavy atom. The molecule has 0 unspecified atom stereocenters. The molecule has 104 valence electrons. The minimum Gasteiger partial charge on any atom is -0.364 e. The van der Waals surface area contributed by atoms with Gasteiger partial charge >= 0.3 is 0 Å². The SMILES string of the molecule is C[C@H](C1CC1)N(C(=O)CSCc1ccon1)C1CC1. The van der Waals surface area contributed by atoms with E-state index in [9.17, 15) is 4.79 Å². The van der Waals surface area contributed by atoms with Crippen molar-refractivity contribution in [1.82, 2.24) is 10.1 Å². The van der Waals surface area contributed by atoms with Crippen molar-refractivity contribution in [1.29, 1.82) is 0 Å². The van der Waals surface area contributed by atoms with Crippen LogP contribution in [0.25, 0.3) is 0 Å². The minimum absolute atomic E-state index is 0.301. The Morgan fingerprint density at radius 1 is 1.53 bits per heavy atom. The lowest BCUT2D eigenvalue weighted by molar-refractivity contribution is -0.131. The molecule has 1 atom stereocenters. The van der Waals surface area contributed by atoms with Crippen LogP contribution in [0.1, 0.15) is 38.3 Å². The number of thioether (sulfide) groups is 1. The highest BCUT2D eigenvalue weighted by Gasteiger charge is 2.41.